The number of carbonyl (C=O) groups is 2. The van der Waals surface area contributed by atoms with Crippen LogP contribution in [0.4, 0.5) is 0 Å². The molecule has 1 aromatic rings. The Hall–Kier alpha value is -1.96. The molecule has 3 rings (SSSR count). The molecule has 1 unspecified atom stereocenters. The minimum atomic E-state index is 0.0795. The Labute approximate surface area is 141 Å². The van der Waals surface area contributed by atoms with Crippen molar-refractivity contribution in [3.05, 3.63) is 11.7 Å². The van der Waals surface area contributed by atoms with Crippen LogP contribution >= 0.6 is 0 Å². The van der Waals surface area contributed by atoms with Gasteiger partial charge in [-0.3, -0.25) is 14.5 Å². The molecular formula is C16H25N5O3. The lowest BCUT2D eigenvalue weighted by Gasteiger charge is -2.36. The van der Waals surface area contributed by atoms with Gasteiger partial charge in [0.05, 0.1) is 12.5 Å². The quantitative estimate of drug-likeness (QED) is 0.787. The molecule has 0 spiro atoms. The summed E-state index contributed by atoms with van der Waals surface area (Å²) in [5.74, 6) is 1.76. The van der Waals surface area contributed by atoms with Crippen molar-refractivity contribution in [1.82, 2.24) is 24.8 Å². The van der Waals surface area contributed by atoms with Crippen LogP contribution in [0.1, 0.15) is 37.4 Å². The second kappa shape index (κ2) is 7.29. The van der Waals surface area contributed by atoms with Gasteiger partial charge < -0.3 is 14.3 Å². The first-order valence-electron chi connectivity index (χ1n) is 8.59. The van der Waals surface area contributed by atoms with Crippen LogP contribution < -0.4 is 0 Å². The zero-order chi connectivity index (χ0) is 17.1. The minimum Gasteiger partial charge on any atom is -0.339 e. The van der Waals surface area contributed by atoms with E-state index in [1.54, 1.807) is 11.8 Å². The Bertz CT molecular complexity index is 594. The van der Waals surface area contributed by atoms with Crippen molar-refractivity contribution in [3.8, 4) is 0 Å². The topological polar surface area (TPSA) is 82.8 Å². The van der Waals surface area contributed by atoms with E-state index in [0.717, 1.165) is 25.9 Å². The zero-order valence-electron chi connectivity index (χ0n) is 14.4. The number of piperazine rings is 1. The van der Waals surface area contributed by atoms with Gasteiger partial charge in [-0.15, -0.1) is 0 Å². The first-order valence-corrected chi connectivity index (χ1v) is 8.59. The number of nitrogens with zero attached hydrogens (tertiary/aromatic N) is 5. The van der Waals surface area contributed by atoms with Gasteiger partial charge in [-0.05, 0) is 26.3 Å². The Kier molecular flexibility index (Phi) is 5.13. The van der Waals surface area contributed by atoms with Crippen molar-refractivity contribution in [2.75, 3.05) is 45.8 Å². The molecule has 2 saturated heterocycles. The largest absolute Gasteiger partial charge is 0.339 e. The van der Waals surface area contributed by atoms with E-state index in [4.69, 9.17) is 4.52 Å². The molecule has 0 radical (unpaired) electrons. The van der Waals surface area contributed by atoms with E-state index in [1.807, 2.05) is 11.8 Å². The third-order valence-corrected chi connectivity index (χ3v) is 4.83. The maximum atomic E-state index is 12.5. The van der Waals surface area contributed by atoms with Crippen LogP contribution in [0.5, 0.6) is 0 Å². The summed E-state index contributed by atoms with van der Waals surface area (Å²) < 4.78 is 5.29. The standard InChI is InChI=1S/C16H25N5O3/c1-12-17-16(24-18-12)14-4-3-5-19(10-14)11-15(23)21-8-6-20(7-9-21)13(2)22/h14H,3-11H2,1-2H3. The number of piperidine rings is 1. The van der Waals surface area contributed by atoms with Crippen molar-refractivity contribution in [2.45, 2.75) is 32.6 Å². The number of likely N-dealkylation sites (tertiary alicyclic amines) is 1. The first kappa shape index (κ1) is 16.9. The van der Waals surface area contributed by atoms with Crippen molar-refractivity contribution in [2.24, 2.45) is 0 Å². The van der Waals surface area contributed by atoms with Gasteiger partial charge in [0.15, 0.2) is 5.82 Å². The monoisotopic (exact) mass is 335 g/mol. The van der Waals surface area contributed by atoms with E-state index in [0.29, 0.717) is 44.4 Å². The molecule has 8 heteroatoms. The van der Waals surface area contributed by atoms with E-state index in [9.17, 15) is 9.59 Å². The SMILES string of the molecule is CC(=O)N1CCN(C(=O)CN2CCCC(c3nc(C)no3)C2)CC1. The summed E-state index contributed by atoms with van der Waals surface area (Å²) in [4.78, 5) is 34.0. The normalized spacial score (nSPS) is 22.7. The fourth-order valence-electron chi connectivity index (χ4n) is 3.44. The Morgan fingerprint density at radius 3 is 2.50 bits per heavy atom. The first-order chi connectivity index (χ1) is 11.5. The molecule has 8 nitrogen and oxygen atoms in total. The van der Waals surface area contributed by atoms with E-state index < -0.39 is 0 Å². The second-order valence-electron chi connectivity index (χ2n) is 6.64. The van der Waals surface area contributed by atoms with Gasteiger partial charge >= 0.3 is 0 Å². The lowest BCUT2D eigenvalue weighted by Crippen LogP contribution is -2.52. The summed E-state index contributed by atoms with van der Waals surface area (Å²) in [6.45, 7) is 8.02. The molecule has 0 N–H and O–H groups in total. The highest BCUT2D eigenvalue weighted by Gasteiger charge is 2.29. The van der Waals surface area contributed by atoms with Crippen LogP contribution in [0.15, 0.2) is 4.52 Å². The van der Waals surface area contributed by atoms with Gasteiger partial charge in [-0.25, -0.2) is 0 Å². The van der Waals surface area contributed by atoms with E-state index in [1.165, 1.54) is 0 Å². The van der Waals surface area contributed by atoms with E-state index in [-0.39, 0.29) is 17.7 Å². The Balaban J connectivity index is 1.50. The molecule has 0 saturated carbocycles. The maximum absolute atomic E-state index is 12.5. The summed E-state index contributed by atoms with van der Waals surface area (Å²) in [7, 11) is 0. The molecule has 0 aromatic carbocycles. The maximum Gasteiger partial charge on any atom is 0.236 e. The number of rotatable bonds is 3. The Morgan fingerprint density at radius 2 is 1.88 bits per heavy atom. The van der Waals surface area contributed by atoms with E-state index in [2.05, 4.69) is 15.0 Å². The van der Waals surface area contributed by atoms with E-state index >= 15 is 0 Å². The molecule has 3 heterocycles. The molecular weight excluding hydrogens is 310 g/mol. The second-order valence-corrected chi connectivity index (χ2v) is 6.64. The van der Waals surface area contributed by atoms with Crippen LogP contribution in [-0.2, 0) is 9.59 Å². The number of aryl methyl sites for hydroxylation is 1. The van der Waals surface area contributed by atoms with Crippen LogP contribution in [0.3, 0.4) is 0 Å². The predicted molar refractivity (Wildman–Crippen MR) is 86.3 cm³/mol. The number of aromatic nitrogens is 2. The third-order valence-electron chi connectivity index (χ3n) is 4.83. The predicted octanol–water partition coefficient (Wildman–Crippen LogP) is 0.248. The van der Waals surface area contributed by atoms with Crippen LogP contribution in [-0.4, -0.2) is 82.5 Å². The summed E-state index contributed by atoms with van der Waals surface area (Å²) >= 11 is 0. The zero-order valence-corrected chi connectivity index (χ0v) is 14.4. The van der Waals surface area contributed by atoms with Gasteiger partial charge in [0.2, 0.25) is 17.7 Å². The average Bonchev–Trinajstić information content (AvgIpc) is 3.02. The third kappa shape index (κ3) is 3.92. The highest BCUT2D eigenvalue weighted by atomic mass is 16.5. The molecule has 1 aromatic heterocycles. The molecule has 0 aliphatic carbocycles. The summed E-state index contributed by atoms with van der Waals surface area (Å²) in [6, 6.07) is 0. The smallest absolute Gasteiger partial charge is 0.236 e. The van der Waals surface area contributed by atoms with Crippen LogP contribution in [0.2, 0.25) is 0 Å². The summed E-state index contributed by atoms with van der Waals surface area (Å²) in [5.41, 5.74) is 0. The molecule has 2 aliphatic heterocycles. The van der Waals surface area contributed by atoms with Crippen LogP contribution in [0.25, 0.3) is 0 Å². The Morgan fingerprint density at radius 1 is 1.17 bits per heavy atom. The van der Waals surface area contributed by atoms with Gasteiger partial charge in [-0.2, -0.15) is 4.98 Å². The fraction of sp³-hybridized carbons (Fsp3) is 0.750. The molecule has 2 aliphatic rings. The summed E-state index contributed by atoms with van der Waals surface area (Å²) in [6.07, 6.45) is 2.04. The lowest BCUT2D eigenvalue weighted by molar-refractivity contribution is -0.139. The number of amides is 2. The number of carbonyl (C=O) groups excluding carboxylic acids is 2. The van der Waals surface area contributed by atoms with Crippen molar-refractivity contribution in [1.29, 1.82) is 0 Å². The van der Waals surface area contributed by atoms with Crippen molar-refractivity contribution < 1.29 is 14.1 Å². The van der Waals surface area contributed by atoms with Gasteiger partial charge in [0.25, 0.3) is 0 Å². The number of hydrogen-bond donors (Lipinski definition) is 0. The molecule has 0 bridgehead atoms. The molecule has 2 amide bonds. The van der Waals surface area contributed by atoms with Gasteiger partial charge in [0, 0.05) is 39.6 Å². The molecule has 132 valence electrons. The van der Waals surface area contributed by atoms with Crippen LogP contribution in [0, 0.1) is 6.92 Å². The molecule has 1 atom stereocenters. The van der Waals surface area contributed by atoms with Gasteiger partial charge in [-0.1, -0.05) is 5.16 Å². The fourth-order valence-corrected chi connectivity index (χ4v) is 3.44. The summed E-state index contributed by atoms with van der Waals surface area (Å²) in [5, 5.41) is 3.86. The minimum absolute atomic E-state index is 0.0795. The average molecular weight is 335 g/mol. The van der Waals surface area contributed by atoms with Gasteiger partial charge in [0.1, 0.15) is 0 Å². The highest BCUT2D eigenvalue weighted by molar-refractivity contribution is 5.79. The van der Waals surface area contributed by atoms with Crippen molar-refractivity contribution in [3.63, 3.8) is 0 Å². The molecule has 2 fully saturated rings. The highest BCUT2D eigenvalue weighted by Crippen LogP contribution is 2.25. The molecule has 24 heavy (non-hydrogen) atoms. The van der Waals surface area contributed by atoms with Crippen molar-refractivity contribution >= 4 is 11.8 Å². The number of hydrogen-bond acceptors (Lipinski definition) is 6. The lowest BCUT2D eigenvalue weighted by atomic mass is 9.98.